The summed E-state index contributed by atoms with van der Waals surface area (Å²) in [5.41, 5.74) is 0. The summed E-state index contributed by atoms with van der Waals surface area (Å²) in [6, 6.07) is 0. The fourth-order valence-electron chi connectivity index (χ4n) is 1.11. The Balaban J connectivity index is 4.70. The summed E-state index contributed by atoms with van der Waals surface area (Å²) in [6.45, 7) is 18.3. The molecule has 0 rings (SSSR count). The quantitative estimate of drug-likeness (QED) is 0.413. The molecule has 0 spiro atoms. The summed E-state index contributed by atoms with van der Waals surface area (Å²) in [4.78, 5) is 0. The van der Waals surface area contributed by atoms with Crippen LogP contribution in [0.3, 0.4) is 0 Å². The van der Waals surface area contributed by atoms with E-state index in [1.54, 1.807) is 0 Å². The predicted molar refractivity (Wildman–Crippen MR) is 76.6 cm³/mol. The second-order valence-corrected chi connectivity index (χ2v) is 15.0. The lowest BCUT2D eigenvalue weighted by atomic mass is 10.4. The van der Waals surface area contributed by atoms with Gasteiger partial charge in [0.15, 0.2) is 0 Å². The van der Waals surface area contributed by atoms with Crippen LogP contribution in [-0.2, 0) is 8.85 Å². The van der Waals surface area contributed by atoms with Crippen molar-refractivity contribution in [3.8, 4) is 0 Å². The molecule has 0 N–H and O–H groups in total. The van der Waals surface area contributed by atoms with Crippen LogP contribution >= 0.6 is 11.6 Å². The van der Waals surface area contributed by atoms with E-state index in [0.717, 1.165) is 0 Å². The topological polar surface area (TPSA) is 18.5 Å². The molecule has 0 heterocycles. The van der Waals surface area contributed by atoms with Crippen molar-refractivity contribution < 1.29 is 8.85 Å². The Labute approximate surface area is 107 Å². The molecule has 0 saturated carbocycles. The van der Waals surface area contributed by atoms with Crippen molar-refractivity contribution in [2.45, 2.75) is 46.2 Å². The molecule has 0 unspecified atom stereocenters. The summed E-state index contributed by atoms with van der Waals surface area (Å²) in [6.07, 6.45) is 0. The molecule has 0 aromatic rings. The maximum absolute atomic E-state index is 6.17. The van der Waals surface area contributed by atoms with Gasteiger partial charge in [0.05, 0.1) is 5.76 Å². The average molecular weight is 279 g/mol. The summed E-state index contributed by atoms with van der Waals surface area (Å²) in [5.74, 6) is 1.24. The second-order valence-electron chi connectivity index (χ2n) is 5.72. The van der Waals surface area contributed by atoms with E-state index in [1.165, 1.54) is 0 Å². The van der Waals surface area contributed by atoms with Gasteiger partial charge in [-0.3, -0.25) is 0 Å². The first-order chi connectivity index (χ1) is 6.92. The van der Waals surface area contributed by atoms with E-state index in [2.05, 4.69) is 45.9 Å². The third kappa shape index (κ3) is 7.14. The first kappa shape index (κ1) is 15.8. The van der Waals surface area contributed by atoms with E-state index in [9.17, 15) is 0 Å². The molecule has 2 nitrogen and oxygen atoms in total. The van der Waals surface area contributed by atoms with Crippen molar-refractivity contribution in [3.05, 3.63) is 23.1 Å². The van der Waals surface area contributed by atoms with E-state index in [-0.39, 0.29) is 0 Å². The lowest BCUT2D eigenvalue weighted by Gasteiger charge is -2.24. The molecule has 5 heteroatoms. The number of halogens is 1. The third-order valence-corrected chi connectivity index (χ3v) is 3.70. The Morgan fingerprint density at radius 2 is 1.31 bits per heavy atom. The van der Waals surface area contributed by atoms with Crippen LogP contribution in [0.4, 0.5) is 0 Å². The lowest BCUT2D eigenvalue weighted by Crippen LogP contribution is -2.26. The van der Waals surface area contributed by atoms with Gasteiger partial charge in [-0.2, -0.15) is 0 Å². The highest BCUT2D eigenvalue weighted by Gasteiger charge is 2.21. The van der Waals surface area contributed by atoms with Gasteiger partial charge in [0, 0.05) is 0 Å². The molecule has 0 aromatic carbocycles. The first-order valence-corrected chi connectivity index (χ1v) is 12.6. The Morgan fingerprint density at radius 3 is 1.62 bits per heavy atom. The summed E-state index contributed by atoms with van der Waals surface area (Å²) >= 11 is 6.17. The zero-order chi connectivity index (χ0) is 13.1. The molecule has 0 saturated heterocycles. The number of allylic oxidation sites excluding steroid dienone is 2. The SMILES string of the molecule is C=C(O[Si](C)(C)C)C(Cl)=C(C)O[Si](C)(C)C. The van der Waals surface area contributed by atoms with E-state index in [0.29, 0.717) is 16.6 Å². The van der Waals surface area contributed by atoms with Crippen molar-refractivity contribution in [2.75, 3.05) is 0 Å². The van der Waals surface area contributed by atoms with Crippen LogP contribution in [0, 0.1) is 0 Å². The number of hydrogen-bond donors (Lipinski definition) is 0. The normalized spacial score (nSPS) is 14.2. The highest BCUT2D eigenvalue weighted by Crippen LogP contribution is 2.25. The van der Waals surface area contributed by atoms with Gasteiger partial charge < -0.3 is 8.85 Å². The third-order valence-electron chi connectivity index (χ3n) is 1.44. The minimum Gasteiger partial charge on any atom is -0.546 e. The number of hydrogen-bond acceptors (Lipinski definition) is 2. The summed E-state index contributed by atoms with van der Waals surface area (Å²) in [7, 11) is -3.27. The molecule has 0 fully saturated rings. The standard InChI is InChI=1S/C11H23ClO2Si2/c1-9(13-15(3,4)5)11(12)10(2)14-16(6,7)8/h1H2,2-8H3. The van der Waals surface area contributed by atoms with Crippen LogP contribution < -0.4 is 0 Å². The zero-order valence-corrected chi connectivity index (χ0v) is 14.2. The maximum Gasteiger partial charge on any atom is 0.242 e. The van der Waals surface area contributed by atoms with Gasteiger partial charge in [0.1, 0.15) is 10.8 Å². The minimum atomic E-state index is -1.65. The van der Waals surface area contributed by atoms with Crippen LogP contribution in [-0.4, -0.2) is 16.6 Å². The summed E-state index contributed by atoms with van der Waals surface area (Å²) < 4.78 is 11.5. The minimum absolute atomic E-state index is 0.504. The fraction of sp³-hybridized carbons (Fsp3) is 0.636. The Bertz CT molecular complexity index is 298. The van der Waals surface area contributed by atoms with E-state index in [1.807, 2.05) is 6.92 Å². The van der Waals surface area contributed by atoms with Crippen LogP contribution in [0.25, 0.3) is 0 Å². The average Bonchev–Trinajstić information content (AvgIpc) is 1.96. The van der Waals surface area contributed by atoms with Gasteiger partial charge >= 0.3 is 0 Å². The second kappa shape index (κ2) is 5.42. The van der Waals surface area contributed by atoms with Gasteiger partial charge in [-0.15, -0.1) is 0 Å². The van der Waals surface area contributed by atoms with Crippen LogP contribution in [0.15, 0.2) is 23.1 Å². The van der Waals surface area contributed by atoms with Crippen molar-refractivity contribution in [1.29, 1.82) is 0 Å². The van der Waals surface area contributed by atoms with Crippen LogP contribution in [0.2, 0.25) is 39.3 Å². The Kier molecular flexibility index (Phi) is 5.36. The molecule has 0 amide bonds. The van der Waals surface area contributed by atoms with Gasteiger partial charge in [-0.25, -0.2) is 0 Å². The molecule has 0 aromatic heterocycles. The van der Waals surface area contributed by atoms with E-state index >= 15 is 0 Å². The molecule has 94 valence electrons. The molecule has 0 radical (unpaired) electrons. The summed E-state index contributed by atoms with van der Waals surface area (Å²) in [5, 5.41) is 0.504. The monoisotopic (exact) mass is 278 g/mol. The van der Waals surface area contributed by atoms with Gasteiger partial charge in [0.2, 0.25) is 16.6 Å². The molecule has 0 bridgehead atoms. The van der Waals surface area contributed by atoms with Gasteiger partial charge in [0.25, 0.3) is 0 Å². The van der Waals surface area contributed by atoms with Gasteiger partial charge in [-0.1, -0.05) is 18.2 Å². The molecule has 16 heavy (non-hydrogen) atoms. The Morgan fingerprint density at radius 1 is 0.938 bits per heavy atom. The van der Waals surface area contributed by atoms with E-state index < -0.39 is 16.6 Å². The highest BCUT2D eigenvalue weighted by atomic mass is 35.5. The fourth-order valence-corrected chi connectivity index (χ4v) is 3.18. The Hall–Kier alpha value is -0.196. The maximum atomic E-state index is 6.17. The highest BCUT2D eigenvalue weighted by molar-refractivity contribution is 6.70. The molecule has 0 aliphatic rings. The molecule has 0 aliphatic heterocycles. The smallest absolute Gasteiger partial charge is 0.242 e. The zero-order valence-electron chi connectivity index (χ0n) is 11.4. The molecular weight excluding hydrogens is 256 g/mol. The van der Waals surface area contributed by atoms with Crippen LogP contribution in [0.5, 0.6) is 0 Å². The predicted octanol–water partition coefficient (Wildman–Crippen LogP) is 4.67. The molecule has 0 atom stereocenters. The van der Waals surface area contributed by atoms with Crippen molar-refractivity contribution in [3.63, 3.8) is 0 Å². The van der Waals surface area contributed by atoms with Gasteiger partial charge in [-0.05, 0) is 46.2 Å². The van der Waals surface area contributed by atoms with E-state index in [4.69, 9.17) is 20.5 Å². The molecule has 0 aliphatic carbocycles. The molecular formula is C11H23ClO2Si2. The van der Waals surface area contributed by atoms with Crippen LogP contribution in [0.1, 0.15) is 6.92 Å². The largest absolute Gasteiger partial charge is 0.546 e. The van der Waals surface area contributed by atoms with Crippen molar-refractivity contribution in [1.82, 2.24) is 0 Å². The lowest BCUT2D eigenvalue weighted by molar-refractivity contribution is 0.402. The van der Waals surface area contributed by atoms with Crippen molar-refractivity contribution in [2.24, 2.45) is 0 Å². The number of rotatable bonds is 5. The van der Waals surface area contributed by atoms with Crippen molar-refractivity contribution >= 4 is 28.2 Å². The first-order valence-electron chi connectivity index (χ1n) is 5.36.